The molecule has 0 aliphatic rings. The van der Waals surface area contributed by atoms with Gasteiger partial charge < -0.3 is 9.47 Å². The molecule has 0 N–H and O–H groups in total. The lowest BCUT2D eigenvalue weighted by Gasteiger charge is -2.28. The summed E-state index contributed by atoms with van der Waals surface area (Å²) in [4.78, 5) is 12.5. The summed E-state index contributed by atoms with van der Waals surface area (Å²) in [6, 6.07) is 13.6. The standard InChI is InChI=1S/C18H18O3/c1-5-13(2)21-17(19)18(3,20-4)16-12-8-10-14-9-6-7-11-15(14)16/h1,6-13H,2-4H3/t13?,18-/m0/s1. The van der Waals surface area contributed by atoms with Gasteiger partial charge in [-0.1, -0.05) is 48.4 Å². The van der Waals surface area contributed by atoms with Crippen molar-refractivity contribution in [3.63, 3.8) is 0 Å². The maximum Gasteiger partial charge on any atom is 0.344 e. The number of esters is 1. The highest BCUT2D eigenvalue weighted by Crippen LogP contribution is 2.32. The van der Waals surface area contributed by atoms with Crippen LogP contribution in [0.15, 0.2) is 42.5 Å². The first-order chi connectivity index (χ1) is 10.0. The van der Waals surface area contributed by atoms with Gasteiger partial charge >= 0.3 is 5.97 Å². The summed E-state index contributed by atoms with van der Waals surface area (Å²) in [6.45, 7) is 3.34. The lowest BCUT2D eigenvalue weighted by molar-refractivity contribution is -0.170. The van der Waals surface area contributed by atoms with Crippen LogP contribution < -0.4 is 0 Å². The molecule has 2 rings (SSSR count). The molecule has 2 aromatic rings. The Hall–Kier alpha value is -2.31. The highest BCUT2D eigenvalue weighted by molar-refractivity contribution is 5.92. The van der Waals surface area contributed by atoms with E-state index in [2.05, 4.69) is 5.92 Å². The summed E-state index contributed by atoms with van der Waals surface area (Å²) in [6.07, 6.45) is 4.67. The highest BCUT2D eigenvalue weighted by atomic mass is 16.6. The zero-order chi connectivity index (χ0) is 15.5. The van der Waals surface area contributed by atoms with E-state index in [4.69, 9.17) is 15.9 Å². The Balaban J connectivity index is 2.53. The van der Waals surface area contributed by atoms with Gasteiger partial charge in [-0.2, -0.15) is 0 Å². The third-order valence-electron chi connectivity index (χ3n) is 3.62. The molecule has 0 saturated heterocycles. The number of carbonyl (C=O) groups excluding carboxylic acids is 1. The molecule has 0 aromatic heterocycles. The monoisotopic (exact) mass is 282 g/mol. The van der Waals surface area contributed by atoms with Gasteiger partial charge in [-0.25, -0.2) is 4.79 Å². The van der Waals surface area contributed by atoms with Crippen molar-refractivity contribution in [3.8, 4) is 12.3 Å². The minimum atomic E-state index is -1.20. The van der Waals surface area contributed by atoms with Gasteiger partial charge in [0.25, 0.3) is 0 Å². The Morgan fingerprint density at radius 1 is 1.24 bits per heavy atom. The minimum absolute atomic E-state index is 0.494. The van der Waals surface area contributed by atoms with Crippen LogP contribution in [0.4, 0.5) is 0 Å². The average molecular weight is 282 g/mol. The molecule has 3 heteroatoms. The van der Waals surface area contributed by atoms with Crippen LogP contribution in [0.2, 0.25) is 0 Å². The van der Waals surface area contributed by atoms with Crippen LogP contribution in [0, 0.1) is 12.3 Å². The van der Waals surface area contributed by atoms with Gasteiger partial charge in [-0.15, -0.1) is 6.42 Å². The van der Waals surface area contributed by atoms with E-state index in [1.54, 1.807) is 13.8 Å². The van der Waals surface area contributed by atoms with Gasteiger partial charge in [-0.3, -0.25) is 0 Å². The highest BCUT2D eigenvalue weighted by Gasteiger charge is 2.39. The number of benzene rings is 2. The second-order valence-corrected chi connectivity index (χ2v) is 4.98. The van der Waals surface area contributed by atoms with Crippen molar-refractivity contribution in [2.45, 2.75) is 25.6 Å². The predicted molar refractivity (Wildman–Crippen MR) is 82.7 cm³/mol. The molecule has 0 aliphatic heterocycles. The normalized spacial score (nSPS) is 15.0. The van der Waals surface area contributed by atoms with E-state index in [0.717, 1.165) is 16.3 Å². The summed E-state index contributed by atoms with van der Waals surface area (Å²) >= 11 is 0. The Bertz CT molecular complexity index is 694. The van der Waals surface area contributed by atoms with Crippen molar-refractivity contribution in [1.29, 1.82) is 0 Å². The maximum absolute atomic E-state index is 12.5. The van der Waals surface area contributed by atoms with Crippen LogP contribution in [0.3, 0.4) is 0 Å². The van der Waals surface area contributed by atoms with E-state index < -0.39 is 17.7 Å². The van der Waals surface area contributed by atoms with Gasteiger partial charge in [-0.05, 0) is 24.6 Å². The van der Waals surface area contributed by atoms with Crippen LogP contribution in [-0.4, -0.2) is 19.2 Å². The van der Waals surface area contributed by atoms with Gasteiger partial charge in [0.15, 0.2) is 11.7 Å². The third kappa shape index (κ3) is 2.76. The zero-order valence-corrected chi connectivity index (χ0v) is 12.4. The van der Waals surface area contributed by atoms with E-state index in [0.29, 0.717) is 0 Å². The van der Waals surface area contributed by atoms with Gasteiger partial charge in [0.1, 0.15) is 0 Å². The predicted octanol–water partition coefficient (Wildman–Crippen LogP) is 3.27. The van der Waals surface area contributed by atoms with E-state index in [1.165, 1.54) is 7.11 Å². The van der Waals surface area contributed by atoms with E-state index in [1.807, 2.05) is 42.5 Å². The largest absolute Gasteiger partial charge is 0.447 e. The molecule has 108 valence electrons. The van der Waals surface area contributed by atoms with Crippen molar-refractivity contribution in [1.82, 2.24) is 0 Å². The average Bonchev–Trinajstić information content (AvgIpc) is 2.53. The molecule has 0 aliphatic carbocycles. The van der Waals surface area contributed by atoms with Gasteiger partial charge in [0, 0.05) is 12.7 Å². The fourth-order valence-corrected chi connectivity index (χ4v) is 2.25. The molecule has 21 heavy (non-hydrogen) atoms. The summed E-state index contributed by atoms with van der Waals surface area (Å²) in [5.41, 5.74) is -0.441. The number of methoxy groups -OCH3 is 1. The fraction of sp³-hybridized carbons (Fsp3) is 0.278. The topological polar surface area (TPSA) is 35.5 Å². The van der Waals surface area contributed by atoms with Crippen molar-refractivity contribution in [2.75, 3.05) is 7.11 Å². The van der Waals surface area contributed by atoms with Crippen LogP contribution in [0.25, 0.3) is 10.8 Å². The Morgan fingerprint density at radius 2 is 1.90 bits per heavy atom. The van der Waals surface area contributed by atoms with Crippen LogP contribution in [0.1, 0.15) is 19.4 Å². The minimum Gasteiger partial charge on any atom is -0.447 e. The lowest BCUT2D eigenvalue weighted by Crippen LogP contribution is -2.38. The number of carbonyl (C=O) groups is 1. The zero-order valence-electron chi connectivity index (χ0n) is 12.4. The molecule has 1 unspecified atom stereocenters. The first kappa shape index (κ1) is 15.1. The molecule has 3 nitrogen and oxygen atoms in total. The van der Waals surface area contributed by atoms with Crippen molar-refractivity contribution in [3.05, 3.63) is 48.0 Å². The Kier molecular flexibility index (Phi) is 4.30. The molecular formula is C18H18O3. The molecule has 0 radical (unpaired) electrons. The summed E-state index contributed by atoms with van der Waals surface area (Å²) in [7, 11) is 1.49. The Labute approximate surface area is 124 Å². The smallest absolute Gasteiger partial charge is 0.344 e. The number of terminal acetylenes is 1. The number of ether oxygens (including phenoxy) is 2. The number of rotatable bonds is 4. The Morgan fingerprint density at radius 3 is 2.57 bits per heavy atom. The molecular weight excluding hydrogens is 264 g/mol. The molecule has 0 amide bonds. The molecule has 0 heterocycles. The van der Waals surface area contributed by atoms with Crippen molar-refractivity contribution in [2.24, 2.45) is 0 Å². The van der Waals surface area contributed by atoms with Crippen molar-refractivity contribution < 1.29 is 14.3 Å². The van der Waals surface area contributed by atoms with E-state index in [9.17, 15) is 4.79 Å². The van der Waals surface area contributed by atoms with Crippen LogP contribution >= 0.6 is 0 Å². The molecule has 0 saturated carbocycles. The maximum atomic E-state index is 12.5. The molecule has 2 aromatic carbocycles. The second kappa shape index (κ2) is 5.99. The number of fused-ring (bicyclic) bond motifs is 1. The molecule has 0 fully saturated rings. The summed E-state index contributed by atoms with van der Waals surface area (Å²) in [5.74, 6) is 1.89. The SMILES string of the molecule is C#CC(C)OC(=O)[C@@](C)(OC)c1cccc2ccccc12. The van der Waals surface area contributed by atoms with E-state index >= 15 is 0 Å². The van der Waals surface area contributed by atoms with Crippen LogP contribution in [-0.2, 0) is 19.9 Å². The first-order valence-electron chi connectivity index (χ1n) is 6.73. The number of hydrogen-bond acceptors (Lipinski definition) is 3. The first-order valence-corrected chi connectivity index (χ1v) is 6.73. The van der Waals surface area contributed by atoms with Gasteiger partial charge in [0.05, 0.1) is 0 Å². The second-order valence-electron chi connectivity index (χ2n) is 4.98. The summed E-state index contributed by atoms with van der Waals surface area (Å²) < 4.78 is 10.8. The quantitative estimate of drug-likeness (QED) is 0.638. The third-order valence-corrected chi connectivity index (χ3v) is 3.62. The molecule has 0 bridgehead atoms. The van der Waals surface area contributed by atoms with Crippen LogP contribution in [0.5, 0.6) is 0 Å². The molecule has 0 spiro atoms. The lowest BCUT2D eigenvalue weighted by atomic mass is 9.90. The summed E-state index contributed by atoms with van der Waals surface area (Å²) in [5, 5.41) is 1.99. The number of hydrogen-bond donors (Lipinski definition) is 0. The van der Waals surface area contributed by atoms with Gasteiger partial charge in [0.2, 0.25) is 0 Å². The van der Waals surface area contributed by atoms with Crippen molar-refractivity contribution >= 4 is 16.7 Å². The fourth-order valence-electron chi connectivity index (χ4n) is 2.25. The molecule has 2 atom stereocenters. The van der Waals surface area contributed by atoms with E-state index in [-0.39, 0.29) is 0 Å².